The number of hydrogen-bond acceptors (Lipinski definition) is 3. The van der Waals surface area contributed by atoms with Crippen LogP contribution in [0.15, 0.2) is 0 Å². The molecule has 0 radical (unpaired) electrons. The molecule has 4 heteroatoms. The van der Waals surface area contributed by atoms with Gasteiger partial charge in [0, 0.05) is 11.8 Å². The number of rotatable bonds is 0. The molecule has 4 aliphatic rings. The molecule has 0 aromatic carbocycles. The molecule has 0 aromatic heterocycles. The second-order valence-electron chi connectivity index (χ2n) is 9.24. The Bertz CT molecular complexity index is 537. The van der Waals surface area contributed by atoms with E-state index in [1.807, 2.05) is 6.92 Å². The Morgan fingerprint density at radius 1 is 1.13 bits per heavy atom. The maximum absolute atomic E-state index is 14.2. The van der Waals surface area contributed by atoms with Crippen molar-refractivity contribution >= 4 is 5.78 Å². The van der Waals surface area contributed by atoms with Crippen LogP contribution in [-0.4, -0.2) is 33.9 Å². The van der Waals surface area contributed by atoms with Gasteiger partial charge in [-0.3, -0.25) is 4.79 Å². The number of halogens is 1. The van der Waals surface area contributed by atoms with Crippen LogP contribution >= 0.6 is 0 Å². The Hall–Kier alpha value is -0.480. The first-order chi connectivity index (χ1) is 10.7. The number of fused-ring (bicyclic) bond motifs is 5. The number of Topliss-reactive ketones (excluding diaryl/α,β-unsaturated/α-hetero) is 1. The quantitative estimate of drug-likeness (QED) is 0.720. The second-order valence-corrected chi connectivity index (χ2v) is 9.24. The zero-order valence-corrected chi connectivity index (χ0v) is 14.2. The van der Waals surface area contributed by atoms with Crippen molar-refractivity contribution in [3.05, 3.63) is 0 Å². The molecule has 130 valence electrons. The van der Waals surface area contributed by atoms with Crippen LogP contribution < -0.4 is 0 Å². The molecule has 0 bridgehead atoms. The predicted molar refractivity (Wildman–Crippen MR) is 84.5 cm³/mol. The SMILES string of the molecule is C[C@]12CC[C@@H]3[C@@H](C(O)CC4(O)CCCC[C@]34C)[C@@H]1CC(F)C2=O. The molecule has 8 atom stereocenters. The number of hydrogen-bond donors (Lipinski definition) is 2. The molecule has 0 spiro atoms. The van der Waals surface area contributed by atoms with Gasteiger partial charge >= 0.3 is 0 Å². The molecular formula is C19H29FO3. The highest BCUT2D eigenvalue weighted by molar-refractivity contribution is 5.91. The van der Waals surface area contributed by atoms with E-state index < -0.39 is 23.3 Å². The van der Waals surface area contributed by atoms with Gasteiger partial charge < -0.3 is 10.2 Å². The minimum Gasteiger partial charge on any atom is -0.393 e. The van der Waals surface area contributed by atoms with E-state index in [4.69, 9.17) is 0 Å². The monoisotopic (exact) mass is 324 g/mol. The van der Waals surface area contributed by atoms with E-state index in [-0.39, 0.29) is 35.4 Å². The van der Waals surface area contributed by atoms with Gasteiger partial charge in [-0.05, 0) is 55.3 Å². The molecule has 0 amide bonds. The van der Waals surface area contributed by atoms with Gasteiger partial charge in [-0.1, -0.05) is 26.7 Å². The highest BCUT2D eigenvalue weighted by atomic mass is 19.1. The van der Waals surface area contributed by atoms with Gasteiger partial charge in [0.15, 0.2) is 12.0 Å². The third-order valence-corrected chi connectivity index (χ3v) is 8.44. The first kappa shape index (κ1) is 16.0. The van der Waals surface area contributed by atoms with Gasteiger partial charge in [0.1, 0.15) is 0 Å². The number of aliphatic hydroxyl groups is 2. The summed E-state index contributed by atoms with van der Waals surface area (Å²) in [5.41, 5.74) is -1.60. The Kier molecular flexibility index (Phi) is 3.33. The first-order valence-electron chi connectivity index (χ1n) is 9.32. The van der Waals surface area contributed by atoms with Crippen molar-refractivity contribution in [3.8, 4) is 0 Å². The van der Waals surface area contributed by atoms with Gasteiger partial charge in [0.05, 0.1) is 11.7 Å². The van der Waals surface area contributed by atoms with Crippen molar-refractivity contribution < 1.29 is 19.4 Å². The molecular weight excluding hydrogens is 295 g/mol. The summed E-state index contributed by atoms with van der Waals surface area (Å²) in [5.74, 6) is -0.153. The largest absolute Gasteiger partial charge is 0.393 e. The van der Waals surface area contributed by atoms with Crippen molar-refractivity contribution in [1.29, 1.82) is 0 Å². The van der Waals surface area contributed by atoms with Gasteiger partial charge in [0.25, 0.3) is 0 Å². The average molecular weight is 324 g/mol. The molecule has 0 heterocycles. The zero-order chi connectivity index (χ0) is 16.6. The van der Waals surface area contributed by atoms with Crippen molar-refractivity contribution in [2.75, 3.05) is 0 Å². The van der Waals surface area contributed by atoms with Gasteiger partial charge in [-0.15, -0.1) is 0 Å². The predicted octanol–water partition coefficient (Wildman–Crippen LogP) is 3.02. The maximum Gasteiger partial charge on any atom is 0.173 e. The van der Waals surface area contributed by atoms with E-state index in [1.165, 1.54) is 0 Å². The van der Waals surface area contributed by atoms with Crippen molar-refractivity contribution in [1.82, 2.24) is 0 Å². The lowest BCUT2D eigenvalue weighted by Gasteiger charge is -2.64. The summed E-state index contributed by atoms with van der Waals surface area (Å²) in [6.07, 6.45) is 4.08. The molecule has 4 fully saturated rings. The first-order valence-corrected chi connectivity index (χ1v) is 9.32. The van der Waals surface area contributed by atoms with Crippen molar-refractivity contribution in [2.45, 2.75) is 83.1 Å². The smallest absolute Gasteiger partial charge is 0.173 e. The third kappa shape index (κ3) is 1.85. The summed E-state index contributed by atoms with van der Waals surface area (Å²) in [6, 6.07) is 0. The summed E-state index contributed by atoms with van der Waals surface area (Å²) < 4.78 is 14.2. The van der Waals surface area contributed by atoms with E-state index in [1.54, 1.807) is 0 Å². The van der Waals surface area contributed by atoms with Gasteiger partial charge in [0.2, 0.25) is 0 Å². The van der Waals surface area contributed by atoms with Crippen LogP contribution in [-0.2, 0) is 4.79 Å². The Morgan fingerprint density at radius 2 is 1.83 bits per heavy atom. The third-order valence-electron chi connectivity index (χ3n) is 8.44. The highest BCUT2D eigenvalue weighted by Gasteiger charge is 2.67. The maximum atomic E-state index is 14.2. The fourth-order valence-corrected chi connectivity index (χ4v) is 7.00. The topological polar surface area (TPSA) is 57.5 Å². The lowest BCUT2D eigenvalue weighted by Crippen LogP contribution is -2.65. The standard InChI is InChI=1S/C19H29FO3/c1-17-8-5-11-15(12(17)9-13(20)16(17)22)14(21)10-19(23)7-4-3-6-18(11,19)2/h11-15,21,23H,3-10H2,1-2H3/t11-,12+,13?,14?,15-,17+,18-,19?/m1/s1. The average Bonchev–Trinajstić information content (AvgIpc) is 2.72. The number of carbonyl (C=O) groups is 1. The molecule has 2 N–H and O–H groups in total. The lowest BCUT2D eigenvalue weighted by molar-refractivity contribution is -0.234. The lowest BCUT2D eigenvalue weighted by atomic mass is 9.43. The van der Waals surface area contributed by atoms with E-state index in [0.29, 0.717) is 12.8 Å². The van der Waals surface area contributed by atoms with Crippen molar-refractivity contribution in [3.63, 3.8) is 0 Å². The molecule has 4 rings (SSSR count). The molecule has 4 saturated carbocycles. The molecule has 23 heavy (non-hydrogen) atoms. The minimum absolute atomic E-state index is 0.0400. The van der Waals surface area contributed by atoms with E-state index in [9.17, 15) is 19.4 Å². The van der Waals surface area contributed by atoms with Crippen LogP contribution in [0.3, 0.4) is 0 Å². The molecule has 3 nitrogen and oxygen atoms in total. The normalized spacial score (nSPS) is 59.2. The van der Waals surface area contributed by atoms with E-state index >= 15 is 0 Å². The fraction of sp³-hybridized carbons (Fsp3) is 0.947. The highest BCUT2D eigenvalue weighted by Crippen LogP contribution is 2.66. The van der Waals surface area contributed by atoms with Crippen LogP contribution in [0.25, 0.3) is 0 Å². The van der Waals surface area contributed by atoms with Crippen LogP contribution in [0.1, 0.15) is 65.2 Å². The van der Waals surface area contributed by atoms with Gasteiger partial charge in [-0.2, -0.15) is 0 Å². The summed E-state index contributed by atoms with van der Waals surface area (Å²) in [4.78, 5) is 12.4. The molecule has 0 saturated heterocycles. The Morgan fingerprint density at radius 3 is 2.57 bits per heavy atom. The molecule has 4 aliphatic carbocycles. The summed E-state index contributed by atoms with van der Waals surface area (Å²) in [7, 11) is 0. The summed E-state index contributed by atoms with van der Waals surface area (Å²) >= 11 is 0. The van der Waals surface area contributed by atoms with Crippen LogP contribution in [0.2, 0.25) is 0 Å². The summed E-state index contributed by atoms with van der Waals surface area (Å²) in [6.45, 7) is 4.09. The second kappa shape index (κ2) is 4.78. The fourth-order valence-electron chi connectivity index (χ4n) is 7.00. The van der Waals surface area contributed by atoms with Crippen molar-refractivity contribution in [2.24, 2.45) is 28.6 Å². The van der Waals surface area contributed by atoms with Crippen LogP contribution in [0, 0.1) is 28.6 Å². The molecule has 3 unspecified atom stereocenters. The Balaban J connectivity index is 1.75. The van der Waals surface area contributed by atoms with Crippen LogP contribution in [0.5, 0.6) is 0 Å². The van der Waals surface area contributed by atoms with E-state index in [0.717, 1.165) is 32.1 Å². The number of ketones is 1. The zero-order valence-electron chi connectivity index (χ0n) is 14.2. The molecule has 0 aromatic rings. The number of aliphatic hydroxyl groups excluding tert-OH is 1. The number of carbonyl (C=O) groups excluding carboxylic acids is 1. The van der Waals surface area contributed by atoms with Gasteiger partial charge in [-0.25, -0.2) is 4.39 Å². The number of alkyl halides is 1. The molecule has 0 aliphatic heterocycles. The van der Waals surface area contributed by atoms with E-state index in [2.05, 4.69) is 6.92 Å². The summed E-state index contributed by atoms with van der Waals surface area (Å²) in [5, 5.41) is 22.1. The minimum atomic E-state index is -1.36. The Labute approximate surface area is 137 Å². The van der Waals surface area contributed by atoms with Crippen LogP contribution in [0.4, 0.5) is 4.39 Å².